The summed E-state index contributed by atoms with van der Waals surface area (Å²) in [5.41, 5.74) is -0.199. The fourth-order valence-corrected chi connectivity index (χ4v) is 2.53. The number of aliphatic imine (C=N–C) groups is 1. The van der Waals surface area contributed by atoms with Gasteiger partial charge in [-0.3, -0.25) is 0 Å². The number of alkyl halides is 2. The monoisotopic (exact) mass is 357 g/mol. The molecule has 0 heterocycles. The van der Waals surface area contributed by atoms with Crippen molar-refractivity contribution in [1.29, 1.82) is 0 Å². The van der Waals surface area contributed by atoms with Gasteiger partial charge in [0.25, 0.3) is 0 Å². The summed E-state index contributed by atoms with van der Waals surface area (Å²) >= 11 is 0. The Morgan fingerprint density at radius 3 is 2.68 bits per heavy atom. The maximum absolute atomic E-state index is 12.6. The molecule has 1 aromatic rings. The predicted octanol–water partition coefficient (Wildman–Crippen LogP) is 2.27. The molecule has 140 valence electrons. The van der Waals surface area contributed by atoms with Gasteiger partial charge >= 0.3 is 6.61 Å². The van der Waals surface area contributed by atoms with Crippen molar-refractivity contribution in [3.05, 3.63) is 23.8 Å². The van der Waals surface area contributed by atoms with Crippen LogP contribution in [0.4, 0.5) is 8.78 Å². The number of benzene rings is 1. The molecule has 3 N–H and O–H groups in total. The minimum absolute atomic E-state index is 0.0630. The molecule has 2 rings (SSSR count). The van der Waals surface area contributed by atoms with Crippen molar-refractivity contribution in [2.45, 2.75) is 44.9 Å². The van der Waals surface area contributed by atoms with Crippen molar-refractivity contribution in [3.63, 3.8) is 0 Å². The van der Waals surface area contributed by atoms with Gasteiger partial charge in [-0.1, -0.05) is 0 Å². The van der Waals surface area contributed by atoms with E-state index in [0.717, 1.165) is 19.3 Å². The zero-order chi connectivity index (χ0) is 18.3. The highest BCUT2D eigenvalue weighted by atomic mass is 19.3. The molecule has 1 aliphatic rings. The summed E-state index contributed by atoms with van der Waals surface area (Å²) in [7, 11) is 1.50. The van der Waals surface area contributed by atoms with Crippen LogP contribution in [0.15, 0.2) is 23.2 Å². The second-order valence-corrected chi connectivity index (χ2v) is 5.98. The highest BCUT2D eigenvalue weighted by Gasteiger charge is 2.34. The number of rotatable bonds is 8. The highest BCUT2D eigenvalue weighted by molar-refractivity contribution is 5.79. The Morgan fingerprint density at radius 1 is 1.36 bits per heavy atom. The van der Waals surface area contributed by atoms with E-state index in [0.29, 0.717) is 30.4 Å². The van der Waals surface area contributed by atoms with Gasteiger partial charge in [0.05, 0.1) is 19.3 Å². The van der Waals surface area contributed by atoms with Gasteiger partial charge in [-0.25, -0.2) is 4.99 Å². The summed E-state index contributed by atoms with van der Waals surface area (Å²) < 4.78 is 34.8. The molecule has 25 heavy (non-hydrogen) atoms. The molecule has 8 heteroatoms. The van der Waals surface area contributed by atoms with Crippen molar-refractivity contribution in [2.75, 3.05) is 20.2 Å². The summed E-state index contributed by atoms with van der Waals surface area (Å²) in [5.74, 6) is 1.11. The van der Waals surface area contributed by atoms with Gasteiger partial charge in [0.1, 0.15) is 11.5 Å². The molecule has 0 bridgehead atoms. The average molecular weight is 357 g/mol. The van der Waals surface area contributed by atoms with Crippen LogP contribution < -0.4 is 20.1 Å². The van der Waals surface area contributed by atoms with Crippen LogP contribution in [0.3, 0.4) is 0 Å². The second kappa shape index (κ2) is 8.84. The number of halogens is 2. The van der Waals surface area contributed by atoms with Crippen LogP contribution in [0.25, 0.3) is 0 Å². The number of nitrogens with one attached hydrogen (secondary N) is 2. The van der Waals surface area contributed by atoms with Crippen molar-refractivity contribution >= 4 is 5.96 Å². The third-order valence-corrected chi connectivity index (χ3v) is 4.10. The summed E-state index contributed by atoms with van der Waals surface area (Å²) in [6, 6.07) is 4.61. The molecule has 0 aromatic heterocycles. The largest absolute Gasteiger partial charge is 0.497 e. The van der Waals surface area contributed by atoms with Gasteiger partial charge in [0.2, 0.25) is 0 Å². The quantitative estimate of drug-likeness (QED) is 0.492. The fraction of sp³-hybridized carbons (Fsp3) is 0.588. The molecule has 1 saturated carbocycles. The minimum atomic E-state index is -2.91. The highest BCUT2D eigenvalue weighted by Crippen LogP contribution is 2.30. The van der Waals surface area contributed by atoms with E-state index < -0.39 is 12.2 Å². The zero-order valence-corrected chi connectivity index (χ0v) is 14.5. The summed E-state index contributed by atoms with van der Waals surface area (Å²) in [6.45, 7) is 0.189. The third kappa shape index (κ3) is 5.74. The van der Waals surface area contributed by atoms with Gasteiger partial charge in [0, 0.05) is 18.7 Å². The average Bonchev–Trinajstić information content (AvgIpc) is 2.56. The van der Waals surface area contributed by atoms with E-state index in [2.05, 4.69) is 20.4 Å². The number of guanidine groups is 1. The lowest BCUT2D eigenvalue weighted by atomic mass is 9.80. The number of aliphatic hydroxyl groups is 1. The van der Waals surface area contributed by atoms with Crippen molar-refractivity contribution in [3.8, 4) is 11.5 Å². The van der Waals surface area contributed by atoms with Crippen molar-refractivity contribution < 1.29 is 23.4 Å². The maximum atomic E-state index is 12.6. The minimum Gasteiger partial charge on any atom is -0.497 e. The molecular formula is C17H25F2N3O3. The normalized spacial score (nSPS) is 16.3. The lowest BCUT2D eigenvalue weighted by Gasteiger charge is -2.37. The first-order valence-corrected chi connectivity index (χ1v) is 8.32. The number of nitrogens with zero attached hydrogens (tertiary/aromatic N) is 1. The van der Waals surface area contributed by atoms with E-state index in [9.17, 15) is 13.9 Å². The van der Waals surface area contributed by atoms with Crippen LogP contribution in [0, 0.1) is 0 Å². The summed E-state index contributed by atoms with van der Waals surface area (Å²) in [6.07, 6.45) is 2.55. The summed E-state index contributed by atoms with van der Waals surface area (Å²) in [4.78, 5) is 4.39. The fourth-order valence-electron chi connectivity index (χ4n) is 2.53. The second-order valence-electron chi connectivity index (χ2n) is 5.98. The SMILES string of the molecule is CCNC(=NCc1cc(OC)ccc1OC(F)F)NCC1(O)CCC1. The molecule has 0 amide bonds. The predicted molar refractivity (Wildman–Crippen MR) is 91.2 cm³/mol. The molecule has 1 fully saturated rings. The maximum Gasteiger partial charge on any atom is 0.387 e. The van der Waals surface area contributed by atoms with Gasteiger partial charge in [0.15, 0.2) is 5.96 Å². The van der Waals surface area contributed by atoms with E-state index in [4.69, 9.17) is 4.74 Å². The van der Waals surface area contributed by atoms with E-state index >= 15 is 0 Å². The number of methoxy groups -OCH3 is 1. The first kappa shape index (κ1) is 19.2. The molecule has 6 nitrogen and oxygen atoms in total. The molecule has 1 aliphatic carbocycles. The molecular weight excluding hydrogens is 332 g/mol. The van der Waals surface area contributed by atoms with E-state index in [-0.39, 0.29) is 12.3 Å². The number of hydrogen-bond acceptors (Lipinski definition) is 4. The van der Waals surface area contributed by atoms with Gasteiger partial charge < -0.3 is 25.2 Å². The zero-order valence-electron chi connectivity index (χ0n) is 14.5. The van der Waals surface area contributed by atoms with Crippen LogP contribution in [-0.2, 0) is 6.54 Å². The lowest BCUT2D eigenvalue weighted by Crippen LogP contribution is -2.50. The van der Waals surface area contributed by atoms with Crippen LogP contribution in [0.5, 0.6) is 11.5 Å². The molecule has 1 aromatic carbocycles. The smallest absolute Gasteiger partial charge is 0.387 e. The lowest BCUT2D eigenvalue weighted by molar-refractivity contribution is -0.0504. The van der Waals surface area contributed by atoms with Crippen molar-refractivity contribution in [2.24, 2.45) is 4.99 Å². The molecule has 0 unspecified atom stereocenters. The standard InChI is InChI=1S/C17H25F2N3O3/c1-3-20-16(22-11-17(23)7-4-8-17)21-10-12-9-13(24-2)5-6-14(12)25-15(18)19/h5-6,9,15,23H,3-4,7-8,10-11H2,1-2H3,(H2,20,21,22). The molecule has 0 saturated heterocycles. The number of hydrogen-bond donors (Lipinski definition) is 3. The van der Waals surface area contributed by atoms with E-state index in [1.54, 1.807) is 12.1 Å². The third-order valence-electron chi connectivity index (χ3n) is 4.10. The van der Waals surface area contributed by atoms with Crippen LogP contribution >= 0.6 is 0 Å². The topological polar surface area (TPSA) is 75.1 Å². The summed E-state index contributed by atoms with van der Waals surface area (Å²) in [5, 5.41) is 16.3. The molecule has 0 atom stereocenters. The van der Waals surface area contributed by atoms with Crippen molar-refractivity contribution in [1.82, 2.24) is 10.6 Å². The van der Waals surface area contributed by atoms with Gasteiger partial charge in [-0.15, -0.1) is 0 Å². The van der Waals surface area contributed by atoms with E-state index in [1.807, 2.05) is 6.92 Å². The molecule has 0 radical (unpaired) electrons. The van der Waals surface area contributed by atoms with Crippen LogP contribution in [0.1, 0.15) is 31.7 Å². The Kier molecular flexibility index (Phi) is 6.81. The van der Waals surface area contributed by atoms with Gasteiger partial charge in [-0.05, 0) is 44.4 Å². The Bertz CT molecular complexity index is 593. The van der Waals surface area contributed by atoms with Crippen LogP contribution in [0.2, 0.25) is 0 Å². The Balaban J connectivity index is 2.08. The Morgan fingerprint density at radius 2 is 2.12 bits per heavy atom. The van der Waals surface area contributed by atoms with Gasteiger partial charge in [-0.2, -0.15) is 8.78 Å². The van der Waals surface area contributed by atoms with Crippen LogP contribution in [-0.4, -0.2) is 43.5 Å². The Hall–Kier alpha value is -2.09. The molecule has 0 aliphatic heterocycles. The number of ether oxygens (including phenoxy) is 2. The molecule has 0 spiro atoms. The van der Waals surface area contributed by atoms with E-state index in [1.165, 1.54) is 13.2 Å². The Labute approximate surface area is 146 Å². The first-order chi connectivity index (χ1) is 12.0. The first-order valence-electron chi connectivity index (χ1n) is 8.32.